The van der Waals surface area contributed by atoms with Crippen molar-refractivity contribution >= 4 is 13.4 Å². The smallest absolute Gasteiger partial charge is 0.337 e. The zero-order chi connectivity index (χ0) is 16.6. The monoisotopic (exact) mass is 330 g/mol. The third kappa shape index (κ3) is 5.89. The normalized spacial score (nSPS) is 12.9. The third-order valence-electron chi connectivity index (χ3n) is 3.25. The fourth-order valence-corrected chi connectivity index (χ4v) is 2.82. The van der Waals surface area contributed by atoms with Crippen LogP contribution in [-0.2, 0) is 29.8 Å². The van der Waals surface area contributed by atoms with Crippen LogP contribution in [0.4, 0.5) is 0 Å². The molecule has 1 rings (SSSR count). The molecular formula is C15H23O6P. The van der Waals surface area contributed by atoms with E-state index in [-0.39, 0.29) is 24.5 Å². The van der Waals surface area contributed by atoms with E-state index >= 15 is 0 Å². The maximum Gasteiger partial charge on any atom is 0.337 e. The Morgan fingerprint density at radius 3 is 2.23 bits per heavy atom. The number of hydrogen-bond donors (Lipinski definition) is 0. The number of hydrogen-bond acceptors (Lipinski definition) is 6. The molecule has 7 heteroatoms. The van der Waals surface area contributed by atoms with Gasteiger partial charge in [0.1, 0.15) is 17.7 Å². The lowest BCUT2D eigenvalue weighted by atomic mass is 10.1. The number of methoxy groups -OCH3 is 1. The average Bonchev–Trinajstić information content (AvgIpc) is 2.55. The van der Waals surface area contributed by atoms with Crippen LogP contribution in [0.5, 0.6) is 5.75 Å². The summed E-state index contributed by atoms with van der Waals surface area (Å²) in [6, 6.07) is 7.49. The number of rotatable bonds is 10. The summed E-state index contributed by atoms with van der Waals surface area (Å²) >= 11 is 0. The molecule has 22 heavy (non-hydrogen) atoms. The summed E-state index contributed by atoms with van der Waals surface area (Å²) in [5.41, 5.74) is 0.986. The topological polar surface area (TPSA) is 71.1 Å². The van der Waals surface area contributed by atoms with Crippen LogP contribution < -0.4 is 4.74 Å². The van der Waals surface area contributed by atoms with Crippen molar-refractivity contribution in [3.63, 3.8) is 0 Å². The summed E-state index contributed by atoms with van der Waals surface area (Å²) in [6.07, 6.45) is -0.243. The minimum atomic E-state index is -3.31. The number of carbonyl (C=O) groups excluding carboxylic acids is 1. The zero-order valence-corrected chi connectivity index (χ0v) is 14.3. The lowest BCUT2D eigenvalue weighted by Gasteiger charge is -2.16. The summed E-state index contributed by atoms with van der Waals surface area (Å²) in [5, 5.41) is 0. The first-order chi connectivity index (χ1) is 10.4. The quantitative estimate of drug-likeness (QED) is 0.614. The van der Waals surface area contributed by atoms with Crippen molar-refractivity contribution in [1.82, 2.24) is 0 Å². The van der Waals surface area contributed by atoms with Crippen molar-refractivity contribution in [3.8, 4) is 5.75 Å². The van der Waals surface area contributed by atoms with E-state index < -0.39 is 7.60 Å². The van der Waals surface area contributed by atoms with E-state index in [1.807, 2.05) is 24.3 Å². The highest BCUT2D eigenvalue weighted by atomic mass is 31.2. The summed E-state index contributed by atoms with van der Waals surface area (Å²) < 4.78 is 32.0. The second kappa shape index (κ2) is 9.06. The van der Waals surface area contributed by atoms with Gasteiger partial charge >= 0.3 is 7.60 Å². The van der Waals surface area contributed by atoms with E-state index in [2.05, 4.69) is 0 Å². The number of ether oxygens (including phenoxy) is 2. The van der Waals surface area contributed by atoms with Crippen LogP contribution >= 0.6 is 7.60 Å². The van der Waals surface area contributed by atoms with Gasteiger partial charge < -0.3 is 18.5 Å². The van der Waals surface area contributed by atoms with E-state index in [4.69, 9.17) is 18.5 Å². The highest BCUT2D eigenvalue weighted by Crippen LogP contribution is 2.46. The third-order valence-corrected chi connectivity index (χ3v) is 5.06. The van der Waals surface area contributed by atoms with E-state index in [0.717, 1.165) is 11.3 Å². The second-order valence-corrected chi connectivity index (χ2v) is 7.13. The van der Waals surface area contributed by atoms with Gasteiger partial charge in [0.15, 0.2) is 0 Å². The van der Waals surface area contributed by atoms with Gasteiger partial charge in [0.25, 0.3) is 0 Å². The van der Waals surface area contributed by atoms with Crippen molar-refractivity contribution in [1.29, 1.82) is 0 Å². The Bertz CT molecular complexity index is 505. The summed E-state index contributed by atoms with van der Waals surface area (Å²) in [7, 11) is 0.832. The Labute approximate surface area is 131 Å². The molecule has 0 fully saturated rings. The fourth-order valence-electron chi connectivity index (χ4n) is 1.72. The van der Waals surface area contributed by atoms with Gasteiger partial charge in [-0.05, 0) is 17.7 Å². The van der Waals surface area contributed by atoms with Crippen LogP contribution in [0.2, 0.25) is 0 Å². The fraction of sp³-hybridized carbons (Fsp3) is 0.533. The Morgan fingerprint density at radius 2 is 1.73 bits per heavy atom. The molecule has 0 aromatic heterocycles. The molecule has 0 unspecified atom stereocenters. The van der Waals surface area contributed by atoms with Crippen LogP contribution in [0, 0.1) is 5.92 Å². The van der Waals surface area contributed by atoms with Crippen molar-refractivity contribution in [2.45, 2.75) is 13.5 Å². The average molecular weight is 330 g/mol. The molecular weight excluding hydrogens is 307 g/mol. The maximum absolute atomic E-state index is 12.0. The minimum absolute atomic E-state index is 0.207. The van der Waals surface area contributed by atoms with Gasteiger partial charge in [0.2, 0.25) is 0 Å². The maximum atomic E-state index is 12.0. The molecule has 1 aromatic rings. The van der Waals surface area contributed by atoms with Crippen molar-refractivity contribution in [3.05, 3.63) is 29.8 Å². The van der Waals surface area contributed by atoms with Gasteiger partial charge in [0, 0.05) is 20.1 Å². The second-order valence-electron chi connectivity index (χ2n) is 4.86. The Kier molecular flexibility index (Phi) is 7.76. The van der Waals surface area contributed by atoms with Crippen molar-refractivity contribution < 1.29 is 27.9 Å². The molecule has 0 saturated carbocycles. The van der Waals surface area contributed by atoms with E-state index in [9.17, 15) is 9.36 Å². The van der Waals surface area contributed by atoms with Gasteiger partial charge in [-0.3, -0.25) is 9.36 Å². The van der Waals surface area contributed by atoms with Crippen LogP contribution in [0.25, 0.3) is 0 Å². The highest BCUT2D eigenvalue weighted by molar-refractivity contribution is 7.54. The van der Waals surface area contributed by atoms with Crippen molar-refractivity contribution in [2.75, 3.05) is 34.1 Å². The molecule has 0 aliphatic heterocycles. The predicted molar refractivity (Wildman–Crippen MR) is 83.3 cm³/mol. The summed E-state index contributed by atoms with van der Waals surface area (Å²) in [5.74, 6) is 0.195. The number of benzene rings is 1. The first-order valence-electron chi connectivity index (χ1n) is 6.88. The molecule has 0 aliphatic carbocycles. The van der Waals surface area contributed by atoms with E-state index in [0.29, 0.717) is 6.61 Å². The molecule has 1 atom stereocenters. The molecule has 0 saturated heterocycles. The number of ketones is 1. The van der Waals surface area contributed by atoms with Gasteiger partial charge in [-0.25, -0.2) is 0 Å². The zero-order valence-electron chi connectivity index (χ0n) is 13.4. The molecule has 0 spiro atoms. The van der Waals surface area contributed by atoms with Crippen molar-refractivity contribution in [2.24, 2.45) is 5.92 Å². The molecule has 0 N–H and O–H groups in total. The Morgan fingerprint density at radius 1 is 1.14 bits per heavy atom. The molecule has 0 aliphatic rings. The molecule has 6 nitrogen and oxygen atoms in total. The highest BCUT2D eigenvalue weighted by Gasteiger charge is 2.28. The Hall–Kier alpha value is -1.20. The molecule has 1 aromatic carbocycles. The first-order valence-corrected chi connectivity index (χ1v) is 8.60. The van der Waals surface area contributed by atoms with Crippen LogP contribution in [-0.4, -0.2) is 39.9 Å². The molecule has 124 valence electrons. The van der Waals surface area contributed by atoms with Gasteiger partial charge in [-0.1, -0.05) is 19.1 Å². The summed E-state index contributed by atoms with van der Waals surface area (Å²) in [4.78, 5) is 12.0. The minimum Gasteiger partial charge on any atom is -0.497 e. The van der Waals surface area contributed by atoms with Crippen LogP contribution in [0.1, 0.15) is 12.5 Å². The lowest BCUT2D eigenvalue weighted by Crippen LogP contribution is -2.21. The molecule has 0 heterocycles. The van der Waals surface area contributed by atoms with E-state index in [1.165, 1.54) is 14.2 Å². The molecule has 0 bridgehead atoms. The van der Waals surface area contributed by atoms with Gasteiger partial charge in [-0.15, -0.1) is 0 Å². The van der Waals surface area contributed by atoms with E-state index in [1.54, 1.807) is 14.0 Å². The summed E-state index contributed by atoms with van der Waals surface area (Å²) in [6.45, 7) is 2.37. The SMILES string of the molecule is COc1ccc(COC[C@@H](C)C(=O)CP(=O)(OC)OC)cc1. The first kappa shape index (κ1) is 18.8. The standard InChI is InChI=1S/C15H23O6P/c1-12(15(16)11-22(17,19-3)20-4)9-21-10-13-5-7-14(18-2)8-6-13/h5-8,12H,9-11H2,1-4H3/t12-/m1/s1. The largest absolute Gasteiger partial charge is 0.497 e. The van der Waals surface area contributed by atoms with Crippen LogP contribution in [0.15, 0.2) is 24.3 Å². The van der Waals surface area contributed by atoms with Gasteiger partial charge in [-0.2, -0.15) is 0 Å². The molecule has 0 amide bonds. The molecule has 0 radical (unpaired) electrons. The van der Waals surface area contributed by atoms with Gasteiger partial charge in [0.05, 0.1) is 20.3 Å². The van der Waals surface area contributed by atoms with Crippen LogP contribution in [0.3, 0.4) is 0 Å². The lowest BCUT2D eigenvalue weighted by molar-refractivity contribution is -0.122. The number of Topliss-reactive ketones (excluding diaryl/α,β-unsaturated/α-hetero) is 1. The number of carbonyl (C=O) groups is 1. The Balaban J connectivity index is 2.40. The predicted octanol–water partition coefficient (Wildman–Crippen LogP) is 2.90.